The van der Waals surface area contributed by atoms with Gasteiger partial charge in [-0.15, -0.1) is 0 Å². The Balaban J connectivity index is 2.44. The molecule has 3 nitrogen and oxygen atoms in total. The predicted octanol–water partition coefficient (Wildman–Crippen LogP) is 3.21. The molecule has 1 aromatic carbocycles. The monoisotopic (exact) mass is 337 g/mol. The molecular weight excluding hydrogens is 318 g/mol. The fourth-order valence-electron chi connectivity index (χ4n) is 2.54. The normalized spacial score (nSPS) is 26.2. The summed E-state index contributed by atoms with van der Waals surface area (Å²) in [5.41, 5.74) is 1.16. The number of carbonyl (C=O) groups is 2. The average Bonchev–Trinajstić information content (AvgIpc) is 2.62. The molecule has 2 rings (SSSR count). The topological polar surface area (TPSA) is 46.2 Å². The van der Waals surface area contributed by atoms with Crippen LogP contribution in [0.1, 0.15) is 44.7 Å². The highest BCUT2D eigenvalue weighted by Gasteiger charge is 2.51. The van der Waals surface area contributed by atoms with Crippen molar-refractivity contribution in [1.82, 2.24) is 5.32 Å². The van der Waals surface area contributed by atoms with Crippen LogP contribution in [-0.2, 0) is 16.0 Å². The van der Waals surface area contributed by atoms with Crippen molar-refractivity contribution in [3.8, 4) is 0 Å². The third-order valence-corrected chi connectivity index (χ3v) is 5.04. The quantitative estimate of drug-likeness (QED) is 0.861. The van der Waals surface area contributed by atoms with Crippen LogP contribution in [0.4, 0.5) is 0 Å². The number of aryl methyl sites for hydroxylation is 1. The van der Waals surface area contributed by atoms with E-state index in [0.717, 1.165) is 16.5 Å². The number of hydrogen-bond acceptors (Lipinski definition) is 2. The molecule has 1 aromatic rings. The van der Waals surface area contributed by atoms with Crippen LogP contribution in [0.15, 0.2) is 22.7 Å². The maximum atomic E-state index is 12.7. The molecule has 0 saturated carbocycles. The first-order valence-electron chi connectivity index (χ1n) is 6.96. The number of amides is 1. The predicted molar refractivity (Wildman–Crippen MR) is 82.7 cm³/mol. The highest BCUT2D eigenvalue weighted by molar-refractivity contribution is 9.10. The Hall–Kier alpha value is -1.16. The first-order chi connectivity index (χ1) is 9.31. The summed E-state index contributed by atoms with van der Waals surface area (Å²) in [7, 11) is 0. The van der Waals surface area contributed by atoms with Crippen molar-refractivity contribution in [2.24, 2.45) is 5.92 Å². The first kappa shape index (κ1) is 15.2. The summed E-state index contributed by atoms with van der Waals surface area (Å²) in [5, 5.41) is 2.87. The highest BCUT2D eigenvalue weighted by atomic mass is 79.9. The van der Waals surface area contributed by atoms with Crippen molar-refractivity contribution in [1.29, 1.82) is 0 Å². The second kappa shape index (κ2) is 5.32. The van der Waals surface area contributed by atoms with Crippen LogP contribution in [0.2, 0.25) is 0 Å². The van der Waals surface area contributed by atoms with Crippen LogP contribution in [0, 0.1) is 5.92 Å². The zero-order valence-corrected chi connectivity index (χ0v) is 13.9. The van der Waals surface area contributed by atoms with E-state index in [1.807, 2.05) is 39.0 Å². The van der Waals surface area contributed by atoms with Gasteiger partial charge in [0.2, 0.25) is 5.91 Å². The van der Waals surface area contributed by atoms with Crippen molar-refractivity contribution < 1.29 is 9.59 Å². The third-order valence-electron chi connectivity index (χ3n) is 4.36. The van der Waals surface area contributed by atoms with Gasteiger partial charge in [-0.25, -0.2) is 0 Å². The molecule has 2 atom stereocenters. The van der Waals surface area contributed by atoms with E-state index in [1.54, 1.807) is 0 Å². The summed E-state index contributed by atoms with van der Waals surface area (Å²) >= 11 is 3.50. The fraction of sp³-hybridized carbons (Fsp3) is 0.500. The molecule has 1 aliphatic rings. The van der Waals surface area contributed by atoms with Crippen LogP contribution in [0.5, 0.6) is 0 Å². The van der Waals surface area contributed by atoms with Crippen molar-refractivity contribution in [2.45, 2.75) is 45.6 Å². The summed E-state index contributed by atoms with van der Waals surface area (Å²) < 4.78 is 0.832. The lowest BCUT2D eigenvalue weighted by atomic mass is 9.81. The van der Waals surface area contributed by atoms with Gasteiger partial charge in [0.25, 0.3) is 0 Å². The minimum Gasteiger partial charge on any atom is -0.343 e. The summed E-state index contributed by atoms with van der Waals surface area (Å²) in [5.74, 6) is -0.876. The lowest BCUT2D eigenvalue weighted by molar-refractivity contribution is -0.125. The zero-order valence-electron chi connectivity index (χ0n) is 12.3. The van der Waals surface area contributed by atoms with Gasteiger partial charge in [0, 0.05) is 4.47 Å². The molecular formula is C16H20BrNO2. The molecule has 1 aliphatic heterocycles. The zero-order chi connectivity index (χ0) is 15.1. The molecule has 4 heteroatoms. The molecule has 1 heterocycles. The lowest BCUT2D eigenvalue weighted by Gasteiger charge is -2.26. The van der Waals surface area contributed by atoms with E-state index in [0.29, 0.717) is 0 Å². The van der Waals surface area contributed by atoms with Gasteiger partial charge < -0.3 is 5.32 Å². The van der Waals surface area contributed by atoms with E-state index in [4.69, 9.17) is 0 Å². The van der Waals surface area contributed by atoms with E-state index in [2.05, 4.69) is 28.2 Å². The SMILES string of the molecule is CCc1ccc(C2C(=O)NC(C)(C(C)C)C2=O)c(Br)c1. The van der Waals surface area contributed by atoms with E-state index in [9.17, 15) is 9.59 Å². The van der Waals surface area contributed by atoms with Gasteiger partial charge in [0.1, 0.15) is 5.92 Å². The van der Waals surface area contributed by atoms with Crippen molar-refractivity contribution in [3.05, 3.63) is 33.8 Å². The summed E-state index contributed by atoms with van der Waals surface area (Å²) in [6.45, 7) is 7.79. The summed E-state index contributed by atoms with van der Waals surface area (Å²) in [6.07, 6.45) is 0.924. The molecule has 108 valence electrons. The first-order valence-corrected chi connectivity index (χ1v) is 7.75. The highest BCUT2D eigenvalue weighted by Crippen LogP contribution is 2.37. The molecule has 0 radical (unpaired) electrons. The van der Waals surface area contributed by atoms with Crippen LogP contribution >= 0.6 is 15.9 Å². The van der Waals surface area contributed by atoms with Crippen molar-refractivity contribution in [2.75, 3.05) is 0 Å². The Morgan fingerprint density at radius 1 is 1.35 bits per heavy atom. The molecule has 1 N–H and O–H groups in total. The second-order valence-corrected chi connectivity index (χ2v) is 6.71. The van der Waals surface area contributed by atoms with Gasteiger partial charge >= 0.3 is 0 Å². The molecule has 20 heavy (non-hydrogen) atoms. The number of hydrogen-bond donors (Lipinski definition) is 1. The molecule has 2 unspecified atom stereocenters. The van der Waals surface area contributed by atoms with Gasteiger partial charge in [-0.1, -0.05) is 48.8 Å². The molecule has 0 aliphatic carbocycles. The Bertz CT molecular complexity index is 568. The Morgan fingerprint density at radius 3 is 2.45 bits per heavy atom. The molecule has 1 amide bonds. The smallest absolute Gasteiger partial charge is 0.236 e. The van der Waals surface area contributed by atoms with Crippen molar-refractivity contribution >= 4 is 27.6 Å². The third kappa shape index (κ3) is 2.30. The number of nitrogens with one attached hydrogen (secondary N) is 1. The van der Waals surface area contributed by atoms with E-state index < -0.39 is 11.5 Å². The minimum atomic E-state index is -0.773. The van der Waals surface area contributed by atoms with Crippen LogP contribution < -0.4 is 5.32 Å². The number of benzene rings is 1. The van der Waals surface area contributed by atoms with Gasteiger partial charge in [-0.3, -0.25) is 9.59 Å². The Morgan fingerprint density at radius 2 is 2.00 bits per heavy atom. The molecule has 0 spiro atoms. The minimum absolute atomic E-state index is 0.0394. The van der Waals surface area contributed by atoms with E-state index in [-0.39, 0.29) is 17.6 Å². The summed E-state index contributed by atoms with van der Waals surface area (Å²) in [6, 6.07) is 5.85. The van der Waals surface area contributed by atoms with Gasteiger partial charge in [0.05, 0.1) is 5.54 Å². The molecule has 0 bridgehead atoms. The van der Waals surface area contributed by atoms with Gasteiger partial charge in [0.15, 0.2) is 5.78 Å². The van der Waals surface area contributed by atoms with Gasteiger partial charge in [-0.05, 0) is 36.5 Å². The fourth-order valence-corrected chi connectivity index (χ4v) is 3.20. The number of rotatable bonds is 3. The standard InChI is InChI=1S/C16H20BrNO2/c1-5-10-6-7-11(12(17)8-10)13-14(19)16(4,9(2)3)18-15(13)20/h6-9,13H,5H2,1-4H3,(H,18,20). The lowest BCUT2D eigenvalue weighted by Crippen LogP contribution is -2.48. The van der Waals surface area contributed by atoms with Crippen LogP contribution in [0.3, 0.4) is 0 Å². The van der Waals surface area contributed by atoms with Crippen LogP contribution in [-0.4, -0.2) is 17.2 Å². The molecule has 1 fully saturated rings. The number of halogens is 1. The molecule has 1 saturated heterocycles. The Kier molecular flexibility index (Phi) is 4.05. The Labute approximate surface area is 128 Å². The second-order valence-electron chi connectivity index (χ2n) is 5.85. The average molecular weight is 338 g/mol. The molecule has 0 aromatic heterocycles. The maximum Gasteiger partial charge on any atom is 0.236 e. The van der Waals surface area contributed by atoms with Gasteiger partial charge in [-0.2, -0.15) is 0 Å². The number of Topliss-reactive ketones (excluding diaryl/α,β-unsaturated/α-hetero) is 1. The van der Waals surface area contributed by atoms with E-state index >= 15 is 0 Å². The number of ketones is 1. The summed E-state index contributed by atoms with van der Waals surface area (Å²) in [4.78, 5) is 24.9. The van der Waals surface area contributed by atoms with Crippen molar-refractivity contribution in [3.63, 3.8) is 0 Å². The maximum absolute atomic E-state index is 12.7. The largest absolute Gasteiger partial charge is 0.343 e. The van der Waals surface area contributed by atoms with E-state index in [1.165, 1.54) is 5.56 Å². The number of carbonyl (C=O) groups excluding carboxylic acids is 2. The van der Waals surface area contributed by atoms with Crippen LogP contribution in [0.25, 0.3) is 0 Å².